The zero-order valence-electron chi connectivity index (χ0n) is 12.4. The monoisotopic (exact) mass is 288 g/mol. The average Bonchev–Trinajstić information content (AvgIpc) is 3.31. The van der Waals surface area contributed by atoms with Crippen molar-refractivity contribution < 1.29 is 9.90 Å². The highest BCUT2D eigenvalue weighted by molar-refractivity contribution is 5.69. The summed E-state index contributed by atoms with van der Waals surface area (Å²) in [6.45, 7) is 3.05. The fourth-order valence-electron chi connectivity index (χ4n) is 3.36. The fourth-order valence-corrected chi connectivity index (χ4v) is 3.36. The summed E-state index contributed by atoms with van der Waals surface area (Å²) < 4.78 is 0. The number of carbonyl (C=O) groups is 1. The standard InChI is InChI=1S/C17H24N2O2/c20-17(21)13-18-10-8-16(9-11-18)19(15-6-7-15)12-14-4-2-1-3-5-14/h1-5,15-16H,6-13H2,(H,20,21). The quantitative estimate of drug-likeness (QED) is 0.871. The summed E-state index contributed by atoms with van der Waals surface area (Å²) in [6, 6.07) is 12.1. The molecule has 114 valence electrons. The summed E-state index contributed by atoms with van der Waals surface area (Å²) >= 11 is 0. The molecule has 1 aliphatic carbocycles. The van der Waals surface area contributed by atoms with Gasteiger partial charge in [-0.1, -0.05) is 30.3 Å². The Bertz CT molecular complexity index is 465. The molecule has 1 saturated heterocycles. The molecule has 1 heterocycles. The molecule has 0 unspecified atom stereocenters. The van der Waals surface area contributed by atoms with Crippen LogP contribution < -0.4 is 0 Å². The lowest BCUT2D eigenvalue weighted by atomic mass is 10.0. The van der Waals surface area contributed by atoms with Crippen LogP contribution >= 0.6 is 0 Å². The molecule has 4 nitrogen and oxygen atoms in total. The first-order valence-corrected chi connectivity index (χ1v) is 7.96. The summed E-state index contributed by atoms with van der Waals surface area (Å²) in [5, 5.41) is 8.88. The van der Waals surface area contributed by atoms with Crippen LogP contribution in [0.3, 0.4) is 0 Å². The van der Waals surface area contributed by atoms with Crippen molar-refractivity contribution in [2.24, 2.45) is 0 Å². The van der Waals surface area contributed by atoms with E-state index in [4.69, 9.17) is 5.11 Å². The maximum atomic E-state index is 10.8. The van der Waals surface area contributed by atoms with E-state index in [-0.39, 0.29) is 6.54 Å². The van der Waals surface area contributed by atoms with Crippen LogP contribution in [0.25, 0.3) is 0 Å². The molecule has 4 heteroatoms. The van der Waals surface area contributed by atoms with E-state index < -0.39 is 5.97 Å². The van der Waals surface area contributed by atoms with E-state index in [2.05, 4.69) is 40.1 Å². The van der Waals surface area contributed by atoms with Crippen molar-refractivity contribution in [2.75, 3.05) is 19.6 Å². The zero-order chi connectivity index (χ0) is 14.7. The molecule has 1 saturated carbocycles. The first-order valence-electron chi connectivity index (χ1n) is 7.96. The smallest absolute Gasteiger partial charge is 0.317 e. The molecule has 0 atom stereocenters. The van der Waals surface area contributed by atoms with Gasteiger partial charge < -0.3 is 5.11 Å². The molecule has 2 fully saturated rings. The van der Waals surface area contributed by atoms with Crippen molar-refractivity contribution >= 4 is 5.97 Å². The Hall–Kier alpha value is -1.39. The lowest BCUT2D eigenvalue weighted by molar-refractivity contribution is -0.138. The van der Waals surface area contributed by atoms with Gasteiger partial charge in [0.2, 0.25) is 0 Å². The summed E-state index contributed by atoms with van der Waals surface area (Å²) in [5.74, 6) is -0.711. The zero-order valence-corrected chi connectivity index (χ0v) is 12.4. The fraction of sp³-hybridized carbons (Fsp3) is 0.588. The summed E-state index contributed by atoms with van der Waals surface area (Å²) in [5.41, 5.74) is 1.39. The van der Waals surface area contributed by atoms with Crippen LogP contribution in [0.2, 0.25) is 0 Å². The highest BCUT2D eigenvalue weighted by Gasteiger charge is 2.35. The van der Waals surface area contributed by atoms with Crippen molar-refractivity contribution in [3.63, 3.8) is 0 Å². The highest BCUT2D eigenvalue weighted by atomic mass is 16.4. The van der Waals surface area contributed by atoms with Crippen LogP contribution in [0, 0.1) is 0 Å². The first-order chi connectivity index (χ1) is 10.2. The second kappa shape index (κ2) is 6.58. The molecule has 0 amide bonds. The number of rotatable bonds is 6. The van der Waals surface area contributed by atoms with Gasteiger partial charge in [-0.3, -0.25) is 14.6 Å². The van der Waals surface area contributed by atoms with Gasteiger partial charge in [-0.25, -0.2) is 0 Å². The van der Waals surface area contributed by atoms with Gasteiger partial charge in [0.25, 0.3) is 0 Å². The number of nitrogens with zero attached hydrogens (tertiary/aromatic N) is 2. The van der Waals surface area contributed by atoms with Crippen molar-refractivity contribution in [3.8, 4) is 0 Å². The van der Waals surface area contributed by atoms with Crippen molar-refractivity contribution in [2.45, 2.75) is 44.3 Å². The molecule has 0 radical (unpaired) electrons. The van der Waals surface area contributed by atoms with Crippen molar-refractivity contribution in [1.29, 1.82) is 0 Å². The van der Waals surface area contributed by atoms with Gasteiger partial charge in [-0.2, -0.15) is 0 Å². The van der Waals surface area contributed by atoms with Crippen LogP contribution in [0.5, 0.6) is 0 Å². The Kier molecular flexibility index (Phi) is 4.56. The Morgan fingerprint density at radius 3 is 2.29 bits per heavy atom. The second-order valence-corrected chi connectivity index (χ2v) is 6.29. The van der Waals surface area contributed by atoms with Crippen LogP contribution in [0.4, 0.5) is 0 Å². The molecule has 1 aliphatic heterocycles. The molecular formula is C17H24N2O2. The number of hydrogen-bond acceptors (Lipinski definition) is 3. The molecular weight excluding hydrogens is 264 g/mol. The van der Waals surface area contributed by atoms with E-state index in [0.717, 1.165) is 38.5 Å². The third-order valence-electron chi connectivity index (χ3n) is 4.61. The minimum Gasteiger partial charge on any atom is -0.480 e. The lowest BCUT2D eigenvalue weighted by Crippen LogP contribution is -2.46. The van der Waals surface area contributed by atoms with Crippen LogP contribution in [0.15, 0.2) is 30.3 Å². The Morgan fingerprint density at radius 1 is 1.10 bits per heavy atom. The molecule has 1 N–H and O–H groups in total. The predicted octanol–water partition coefficient (Wildman–Crippen LogP) is 2.20. The SMILES string of the molecule is O=C(O)CN1CCC(N(Cc2ccccc2)C2CC2)CC1. The minimum absolute atomic E-state index is 0.189. The largest absolute Gasteiger partial charge is 0.480 e. The van der Waals surface area contributed by atoms with Gasteiger partial charge in [-0.15, -0.1) is 0 Å². The predicted molar refractivity (Wildman–Crippen MR) is 82.1 cm³/mol. The van der Waals surface area contributed by atoms with Crippen LogP contribution in [-0.4, -0.2) is 52.6 Å². The third kappa shape index (κ3) is 4.05. The Morgan fingerprint density at radius 2 is 1.71 bits per heavy atom. The molecule has 0 aromatic heterocycles. The summed E-state index contributed by atoms with van der Waals surface area (Å²) in [6.07, 6.45) is 4.83. The number of carboxylic acid groups (broad SMARTS) is 1. The molecule has 3 rings (SSSR count). The van der Waals surface area contributed by atoms with Crippen molar-refractivity contribution in [3.05, 3.63) is 35.9 Å². The Balaban J connectivity index is 1.57. The average molecular weight is 288 g/mol. The van der Waals surface area contributed by atoms with Gasteiger partial charge in [0, 0.05) is 31.7 Å². The van der Waals surface area contributed by atoms with Gasteiger partial charge in [0.1, 0.15) is 0 Å². The van der Waals surface area contributed by atoms with Crippen LogP contribution in [0.1, 0.15) is 31.2 Å². The van der Waals surface area contributed by atoms with Gasteiger partial charge in [-0.05, 0) is 31.2 Å². The normalized spacial score (nSPS) is 20.8. The van der Waals surface area contributed by atoms with Gasteiger partial charge in [0.15, 0.2) is 0 Å². The molecule has 0 spiro atoms. The second-order valence-electron chi connectivity index (χ2n) is 6.29. The van der Waals surface area contributed by atoms with E-state index in [9.17, 15) is 4.79 Å². The number of carboxylic acids is 1. The Labute approximate surface area is 126 Å². The maximum Gasteiger partial charge on any atom is 0.317 e. The van der Waals surface area contributed by atoms with Gasteiger partial charge in [0.05, 0.1) is 6.54 Å². The number of aliphatic carboxylic acids is 1. The maximum absolute atomic E-state index is 10.8. The van der Waals surface area contributed by atoms with E-state index in [1.54, 1.807) is 0 Å². The lowest BCUT2D eigenvalue weighted by Gasteiger charge is -2.38. The molecule has 1 aromatic rings. The molecule has 1 aromatic carbocycles. The number of hydrogen-bond donors (Lipinski definition) is 1. The first kappa shape index (κ1) is 14.5. The molecule has 21 heavy (non-hydrogen) atoms. The summed E-state index contributed by atoms with van der Waals surface area (Å²) in [7, 11) is 0. The molecule has 2 aliphatic rings. The number of benzene rings is 1. The van der Waals surface area contributed by atoms with E-state index in [0.29, 0.717) is 6.04 Å². The topological polar surface area (TPSA) is 43.8 Å². The van der Waals surface area contributed by atoms with Gasteiger partial charge >= 0.3 is 5.97 Å². The van der Waals surface area contributed by atoms with E-state index >= 15 is 0 Å². The van der Waals surface area contributed by atoms with Crippen molar-refractivity contribution in [1.82, 2.24) is 9.80 Å². The molecule has 0 bridgehead atoms. The van der Waals surface area contributed by atoms with E-state index in [1.807, 2.05) is 0 Å². The third-order valence-corrected chi connectivity index (χ3v) is 4.61. The number of piperidine rings is 1. The highest BCUT2D eigenvalue weighted by Crippen LogP contribution is 2.33. The summed E-state index contributed by atoms with van der Waals surface area (Å²) in [4.78, 5) is 15.5. The number of likely N-dealkylation sites (tertiary alicyclic amines) is 1. The van der Waals surface area contributed by atoms with E-state index in [1.165, 1.54) is 18.4 Å². The minimum atomic E-state index is -0.711. The van der Waals surface area contributed by atoms with Crippen LogP contribution in [-0.2, 0) is 11.3 Å².